The van der Waals surface area contributed by atoms with E-state index in [0.717, 1.165) is 13.2 Å². The summed E-state index contributed by atoms with van der Waals surface area (Å²) >= 11 is 0. The average Bonchev–Trinajstić information content (AvgIpc) is 3.15. The number of likely N-dealkylation sites (tertiary alicyclic amines) is 1. The third kappa shape index (κ3) is 3.75. The van der Waals surface area contributed by atoms with E-state index in [1.54, 1.807) is 0 Å². The molecule has 2 heterocycles. The van der Waals surface area contributed by atoms with Gasteiger partial charge in [-0.1, -0.05) is 13.8 Å². The van der Waals surface area contributed by atoms with Gasteiger partial charge in [0.05, 0.1) is 6.10 Å². The van der Waals surface area contributed by atoms with Gasteiger partial charge >= 0.3 is 0 Å². The first-order valence-electron chi connectivity index (χ1n) is 8.80. The van der Waals surface area contributed by atoms with Crippen molar-refractivity contribution in [3.8, 4) is 0 Å². The van der Waals surface area contributed by atoms with Gasteiger partial charge in [0.15, 0.2) is 0 Å². The SMILES string of the molecule is CCNC(CCC1CCCO1)C(C)(CC)N1CCCC1. The van der Waals surface area contributed by atoms with Crippen LogP contribution in [0.1, 0.15) is 65.7 Å². The lowest BCUT2D eigenvalue weighted by Gasteiger charge is -2.45. The van der Waals surface area contributed by atoms with E-state index >= 15 is 0 Å². The highest BCUT2D eigenvalue weighted by Crippen LogP contribution is 2.31. The summed E-state index contributed by atoms with van der Waals surface area (Å²) in [5, 5.41) is 3.78. The van der Waals surface area contributed by atoms with Crippen LogP contribution in [0.5, 0.6) is 0 Å². The summed E-state index contributed by atoms with van der Waals surface area (Å²) in [5.74, 6) is 0. The highest BCUT2D eigenvalue weighted by molar-refractivity contribution is 4.98. The quantitative estimate of drug-likeness (QED) is 0.740. The van der Waals surface area contributed by atoms with Crippen LogP contribution in [0, 0.1) is 0 Å². The molecule has 2 aliphatic heterocycles. The largest absolute Gasteiger partial charge is 0.378 e. The number of nitrogens with zero attached hydrogens (tertiary/aromatic N) is 1. The Balaban J connectivity index is 1.95. The smallest absolute Gasteiger partial charge is 0.0576 e. The van der Waals surface area contributed by atoms with Gasteiger partial charge in [-0.05, 0) is 71.5 Å². The van der Waals surface area contributed by atoms with Gasteiger partial charge in [-0.15, -0.1) is 0 Å². The Kier molecular flexibility index (Phi) is 6.31. The molecule has 0 aromatic carbocycles. The van der Waals surface area contributed by atoms with Crippen LogP contribution in [-0.2, 0) is 4.74 Å². The van der Waals surface area contributed by atoms with Crippen molar-refractivity contribution in [2.75, 3.05) is 26.2 Å². The normalized spacial score (nSPS) is 28.6. The topological polar surface area (TPSA) is 24.5 Å². The minimum Gasteiger partial charge on any atom is -0.378 e. The fourth-order valence-corrected chi connectivity index (χ4v) is 4.02. The van der Waals surface area contributed by atoms with E-state index in [9.17, 15) is 0 Å². The first-order chi connectivity index (χ1) is 9.70. The Morgan fingerprint density at radius 2 is 2.00 bits per heavy atom. The Labute approximate surface area is 125 Å². The Bertz CT molecular complexity index is 272. The molecular formula is C17H34N2O. The van der Waals surface area contributed by atoms with E-state index in [1.807, 2.05) is 0 Å². The molecule has 118 valence electrons. The summed E-state index contributed by atoms with van der Waals surface area (Å²) in [7, 11) is 0. The van der Waals surface area contributed by atoms with Crippen LogP contribution in [0.2, 0.25) is 0 Å². The predicted octanol–water partition coefficient (Wildman–Crippen LogP) is 3.19. The van der Waals surface area contributed by atoms with E-state index < -0.39 is 0 Å². The lowest BCUT2D eigenvalue weighted by Crippen LogP contribution is -2.58. The molecule has 2 rings (SSSR count). The van der Waals surface area contributed by atoms with Gasteiger partial charge in [-0.3, -0.25) is 4.90 Å². The van der Waals surface area contributed by atoms with Crippen molar-refractivity contribution in [2.45, 2.75) is 83.4 Å². The van der Waals surface area contributed by atoms with Gasteiger partial charge in [0.25, 0.3) is 0 Å². The fraction of sp³-hybridized carbons (Fsp3) is 1.00. The Morgan fingerprint density at radius 3 is 2.55 bits per heavy atom. The number of nitrogens with one attached hydrogen (secondary N) is 1. The molecule has 0 aromatic rings. The van der Waals surface area contributed by atoms with Crippen molar-refractivity contribution >= 4 is 0 Å². The molecule has 3 nitrogen and oxygen atoms in total. The van der Waals surface area contributed by atoms with E-state index in [0.29, 0.717) is 17.7 Å². The maximum Gasteiger partial charge on any atom is 0.0576 e. The molecule has 0 bridgehead atoms. The molecular weight excluding hydrogens is 248 g/mol. The molecule has 0 aromatic heterocycles. The zero-order valence-electron chi connectivity index (χ0n) is 13.8. The molecule has 0 amide bonds. The second-order valence-electron chi connectivity index (χ2n) is 6.73. The summed E-state index contributed by atoms with van der Waals surface area (Å²) in [6.07, 6.45) is 9.51. The van der Waals surface area contributed by atoms with Gasteiger partial charge in [0.1, 0.15) is 0 Å². The van der Waals surface area contributed by atoms with Crippen LogP contribution < -0.4 is 5.32 Å². The van der Waals surface area contributed by atoms with Crippen molar-refractivity contribution in [1.82, 2.24) is 10.2 Å². The number of likely N-dealkylation sites (N-methyl/N-ethyl adjacent to an activating group) is 1. The van der Waals surface area contributed by atoms with E-state index in [1.165, 1.54) is 58.0 Å². The maximum absolute atomic E-state index is 5.81. The van der Waals surface area contributed by atoms with Crippen LogP contribution in [0.4, 0.5) is 0 Å². The van der Waals surface area contributed by atoms with Crippen LogP contribution in [-0.4, -0.2) is 48.8 Å². The number of ether oxygens (including phenoxy) is 1. The molecule has 3 unspecified atom stereocenters. The maximum atomic E-state index is 5.81. The first-order valence-corrected chi connectivity index (χ1v) is 8.80. The zero-order chi connectivity index (χ0) is 14.4. The summed E-state index contributed by atoms with van der Waals surface area (Å²) in [4.78, 5) is 2.73. The fourth-order valence-electron chi connectivity index (χ4n) is 4.02. The molecule has 2 saturated heterocycles. The van der Waals surface area contributed by atoms with Crippen molar-refractivity contribution in [3.05, 3.63) is 0 Å². The lowest BCUT2D eigenvalue weighted by molar-refractivity contribution is 0.0612. The highest BCUT2D eigenvalue weighted by Gasteiger charge is 2.39. The van der Waals surface area contributed by atoms with E-state index in [-0.39, 0.29) is 0 Å². The van der Waals surface area contributed by atoms with Crippen LogP contribution >= 0.6 is 0 Å². The van der Waals surface area contributed by atoms with Crippen molar-refractivity contribution < 1.29 is 4.74 Å². The van der Waals surface area contributed by atoms with E-state index in [2.05, 4.69) is 31.0 Å². The first kappa shape index (κ1) is 16.3. The highest BCUT2D eigenvalue weighted by atomic mass is 16.5. The minimum absolute atomic E-state index is 0.311. The zero-order valence-corrected chi connectivity index (χ0v) is 13.8. The molecule has 2 fully saturated rings. The van der Waals surface area contributed by atoms with Crippen LogP contribution in [0.15, 0.2) is 0 Å². The predicted molar refractivity (Wildman–Crippen MR) is 85.2 cm³/mol. The van der Waals surface area contributed by atoms with Gasteiger partial charge in [0, 0.05) is 18.2 Å². The average molecular weight is 282 g/mol. The molecule has 0 aliphatic carbocycles. The standard InChI is InChI=1S/C17H34N2O/c1-4-17(3,19-12-6-7-13-19)16(18-5-2)11-10-15-9-8-14-20-15/h15-16,18H,4-14H2,1-3H3. The Morgan fingerprint density at radius 1 is 1.25 bits per heavy atom. The van der Waals surface area contributed by atoms with Crippen LogP contribution in [0.3, 0.4) is 0 Å². The minimum atomic E-state index is 0.311. The van der Waals surface area contributed by atoms with Crippen molar-refractivity contribution in [3.63, 3.8) is 0 Å². The van der Waals surface area contributed by atoms with Gasteiger partial charge in [-0.25, -0.2) is 0 Å². The summed E-state index contributed by atoms with van der Waals surface area (Å²) < 4.78 is 5.81. The molecule has 0 saturated carbocycles. The van der Waals surface area contributed by atoms with E-state index in [4.69, 9.17) is 4.74 Å². The summed E-state index contributed by atoms with van der Waals surface area (Å²) in [6, 6.07) is 0.597. The second-order valence-corrected chi connectivity index (χ2v) is 6.73. The molecule has 0 spiro atoms. The number of hydrogen-bond donors (Lipinski definition) is 1. The molecule has 2 aliphatic rings. The Hall–Kier alpha value is -0.120. The summed E-state index contributed by atoms with van der Waals surface area (Å²) in [5.41, 5.74) is 0.311. The summed E-state index contributed by atoms with van der Waals surface area (Å²) in [6.45, 7) is 11.7. The third-order valence-electron chi connectivity index (χ3n) is 5.55. The van der Waals surface area contributed by atoms with Crippen molar-refractivity contribution in [2.24, 2.45) is 0 Å². The molecule has 3 atom stereocenters. The van der Waals surface area contributed by atoms with Crippen LogP contribution in [0.25, 0.3) is 0 Å². The van der Waals surface area contributed by atoms with Gasteiger partial charge in [0.2, 0.25) is 0 Å². The van der Waals surface area contributed by atoms with Crippen molar-refractivity contribution in [1.29, 1.82) is 0 Å². The molecule has 0 radical (unpaired) electrons. The number of hydrogen-bond acceptors (Lipinski definition) is 3. The monoisotopic (exact) mass is 282 g/mol. The van der Waals surface area contributed by atoms with Gasteiger partial charge in [-0.2, -0.15) is 0 Å². The molecule has 20 heavy (non-hydrogen) atoms. The lowest BCUT2D eigenvalue weighted by atomic mass is 9.84. The third-order valence-corrected chi connectivity index (χ3v) is 5.55. The second kappa shape index (κ2) is 7.77. The number of rotatable bonds is 8. The molecule has 1 N–H and O–H groups in total. The molecule has 3 heteroatoms. The van der Waals surface area contributed by atoms with Gasteiger partial charge < -0.3 is 10.1 Å².